The zero-order valence-corrected chi connectivity index (χ0v) is 10.2. The highest BCUT2D eigenvalue weighted by Gasteiger charge is 2.04. The summed E-state index contributed by atoms with van der Waals surface area (Å²) in [6.07, 6.45) is 1.60. The van der Waals surface area contributed by atoms with Gasteiger partial charge in [-0.15, -0.1) is 0 Å². The second-order valence-corrected chi connectivity index (χ2v) is 4.07. The molecule has 0 aliphatic carbocycles. The van der Waals surface area contributed by atoms with E-state index in [0.717, 1.165) is 5.56 Å². The van der Waals surface area contributed by atoms with Gasteiger partial charge in [-0.25, -0.2) is 0 Å². The number of rotatable bonds is 3. The molecule has 0 saturated heterocycles. The molecule has 0 aliphatic heterocycles. The van der Waals surface area contributed by atoms with E-state index >= 15 is 0 Å². The fourth-order valence-corrected chi connectivity index (χ4v) is 1.64. The van der Waals surface area contributed by atoms with Crippen molar-refractivity contribution in [2.45, 2.75) is 6.54 Å². The minimum atomic E-state index is 0.104. The van der Waals surface area contributed by atoms with E-state index in [4.69, 9.17) is 12.2 Å². The van der Waals surface area contributed by atoms with Gasteiger partial charge in [0.25, 0.3) is 0 Å². The van der Waals surface area contributed by atoms with Crippen molar-refractivity contribution in [2.75, 3.05) is 0 Å². The maximum absolute atomic E-state index is 9.69. The van der Waals surface area contributed by atoms with Crippen LogP contribution in [0, 0.1) is 4.77 Å². The first-order valence-electron chi connectivity index (χ1n) is 5.20. The third kappa shape index (κ3) is 2.62. The summed E-state index contributed by atoms with van der Waals surface area (Å²) in [5, 5.41) is 9.69. The molecule has 5 heteroatoms. The molecule has 1 heterocycles. The van der Waals surface area contributed by atoms with Crippen molar-refractivity contribution in [3.8, 4) is 5.88 Å². The summed E-state index contributed by atoms with van der Waals surface area (Å²) in [5.74, 6) is 0.104. The van der Waals surface area contributed by atoms with Crippen molar-refractivity contribution in [1.29, 1.82) is 0 Å². The summed E-state index contributed by atoms with van der Waals surface area (Å²) in [4.78, 5) is 7.13. The topological polar surface area (TPSA) is 53.3 Å². The fraction of sp³-hybridized carbons (Fsp3) is 0.167. The molecule has 2 N–H and O–H groups in total. The summed E-state index contributed by atoms with van der Waals surface area (Å²) in [6, 6.07) is 9.92. The first-order chi connectivity index (χ1) is 8.18. The van der Waals surface area contributed by atoms with Gasteiger partial charge in [-0.2, -0.15) is 0 Å². The van der Waals surface area contributed by atoms with E-state index in [1.54, 1.807) is 13.3 Å². The standard InChI is InChI=1S/C12H13N3OS/c1-15-11(16)10(14-12(15)17)8-13-7-9-5-3-2-4-6-9/h2-6,8,16H,7H2,1H3,(H,14,17). The lowest BCUT2D eigenvalue weighted by Gasteiger charge is -1.95. The number of H-pyrrole nitrogens is 1. The Hall–Kier alpha value is -1.88. The van der Waals surface area contributed by atoms with Gasteiger partial charge in [0.2, 0.25) is 5.88 Å². The van der Waals surface area contributed by atoms with E-state index in [9.17, 15) is 5.11 Å². The van der Waals surface area contributed by atoms with Crippen molar-refractivity contribution in [2.24, 2.45) is 12.0 Å². The van der Waals surface area contributed by atoms with E-state index in [1.807, 2.05) is 30.3 Å². The summed E-state index contributed by atoms with van der Waals surface area (Å²) in [7, 11) is 1.70. The van der Waals surface area contributed by atoms with Gasteiger partial charge < -0.3 is 10.1 Å². The Labute approximate surface area is 104 Å². The third-order valence-electron chi connectivity index (χ3n) is 2.44. The Balaban J connectivity index is 2.11. The van der Waals surface area contributed by atoms with Crippen LogP contribution in [-0.2, 0) is 13.6 Å². The van der Waals surface area contributed by atoms with Gasteiger partial charge in [0.15, 0.2) is 4.77 Å². The van der Waals surface area contributed by atoms with Crippen molar-refractivity contribution >= 4 is 18.4 Å². The van der Waals surface area contributed by atoms with Gasteiger partial charge in [-0.3, -0.25) is 9.56 Å². The van der Waals surface area contributed by atoms with Crippen molar-refractivity contribution in [3.05, 3.63) is 46.4 Å². The van der Waals surface area contributed by atoms with E-state index in [1.165, 1.54) is 4.57 Å². The SMILES string of the molecule is Cn1c(O)c(C=NCc2ccccc2)[nH]c1=S. The molecule has 4 nitrogen and oxygen atoms in total. The zero-order chi connectivity index (χ0) is 12.3. The molecule has 0 spiro atoms. The Bertz CT molecular complexity index is 584. The molecule has 0 radical (unpaired) electrons. The summed E-state index contributed by atoms with van der Waals surface area (Å²) < 4.78 is 1.97. The second kappa shape index (κ2) is 4.97. The molecule has 0 bridgehead atoms. The summed E-state index contributed by atoms with van der Waals surface area (Å²) in [6.45, 7) is 0.579. The Morgan fingerprint density at radius 2 is 2.12 bits per heavy atom. The average Bonchev–Trinajstić information content (AvgIpc) is 2.59. The van der Waals surface area contributed by atoms with Gasteiger partial charge in [-0.1, -0.05) is 30.3 Å². The number of aromatic amines is 1. The highest BCUT2D eigenvalue weighted by atomic mass is 32.1. The monoisotopic (exact) mass is 247 g/mol. The van der Waals surface area contributed by atoms with Crippen LogP contribution in [0.3, 0.4) is 0 Å². The molecule has 88 valence electrons. The lowest BCUT2D eigenvalue weighted by molar-refractivity contribution is 0.430. The van der Waals surface area contributed by atoms with Gasteiger partial charge in [-0.05, 0) is 17.8 Å². The first-order valence-corrected chi connectivity index (χ1v) is 5.61. The zero-order valence-electron chi connectivity index (χ0n) is 9.42. The molecule has 0 atom stereocenters. The van der Waals surface area contributed by atoms with Crippen molar-refractivity contribution in [3.63, 3.8) is 0 Å². The molecule has 2 aromatic rings. The number of hydrogen-bond acceptors (Lipinski definition) is 3. The van der Waals surface area contributed by atoms with Crippen LogP contribution in [0.15, 0.2) is 35.3 Å². The van der Waals surface area contributed by atoms with E-state index in [-0.39, 0.29) is 5.88 Å². The van der Waals surface area contributed by atoms with Crippen LogP contribution in [-0.4, -0.2) is 20.9 Å². The lowest BCUT2D eigenvalue weighted by Crippen LogP contribution is -1.87. The quantitative estimate of drug-likeness (QED) is 0.646. The predicted octanol–water partition coefficient (Wildman–Crippen LogP) is 2.41. The predicted molar refractivity (Wildman–Crippen MR) is 70.0 cm³/mol. The van der Waals surface area contributed by atoms with Crippen molar-refractivity contribution in [1.82, 2.24) is 9.55 Å². The van der Waals surface area contributed by atoms with Crippen LogP contribution in [0.5, 0.6) is 5.88 Å². The lowest BCUT2D eigenvalue weighted by atomic mass is 10.2. The molecule has 0 fully saturated rings. The number of nitrogens with zero attached hydrogens (tertiary/aromatic N) is 2. The maximum atomic E-state index is 9.69. The number of aliphatic imine (C=N–C) groups is 1. The molecule has 17 heavy (non-hydrogen) atoms. The van der Waals surface area contributed by atoms with E-state index in [2.05, 4.69) is 9.98 Å². The smallest absolute Gasteiger partial charge is 0.219 e. The van der Waals surface area contributed by atoms with Gasteiger partial charge in [0.1, 0.15) is 5.69 Å². The fourth-order valence-electron chi connectivity index (χ4n) is 1.45. The molecule has 0 unspecified atom stereocenters. The molecule has 0 saturated carbocycles. The number of aromatic nitrogens is 2. The summed E-state index contributed by atoms with van der Waals surface area (Å²) >= 11 is 4.99. The normalized spacial score (nSPS) is 11.1. The highest BCUT2D eigenvalue weighted by molar-refractivity contribution is 7.71. The average molecular weight is 247 g/mol. The van der Waals surface area contributed by atoms with E-state index < -0.39 is 0 Å². The number of aromatic hydroxyl groups is 1. The van der Waals surface area contributed by atoms with Gasteiger partial charge in [0.05, 0.1) is 12.8 Å². The van der Waals surface area contributed by atoms with Crippen LogP contribution in [0.2, 0.25) is 0 Å². The first kappa shape index (κ1) is 11.6. The Morgan fingerprint density at radius 1 is 1.41 bits per heavy atom. The number of benzene rings is 1. The minimum Gasteiger partial charge on any atom is -0.493 e. The second-order valence-electron chi connectivity index (χ2n) is 3.68. The van der Waals surface area contributed by atoms with Gasteiger partial charge in [0, 0.05) is 7.05 Å². The maximum Gasteiger partial charge on any atom is 0.219 e. The van der Waals surface area contributed by atoms with Crippen LogP contribution < -0.4 is 0 Å². The molecular formula is C12H13N3OS. The third-order valence-corrected chi connectivity index (χ3v) is 2.82. The highest BCUT2D eigenvalue weighted by Crippen LogP contribution is 2.12. The molecule has 1 aromatic heterocycles. The van der Waals surface area contributed by atoms with Crippen molar-refractivity contribution < 1.29 is 5.11 Å². The van der Waals surface area contributed by atoms with Crippen LogP contribution in [0.4, 0.5) is 0 Å². The van der Waals surface area contributed by atoms with E-state index in [0.29, 0.717) is 17.0 Å². The largest absolute Gasteiger partial charge is 0.493 e. The summed E-state index contributed by atoms with van der Waals surface area (Å²) in [5.41, 5.74) is 1.66. The molecule has 0 aliphatic rings. The molecule has 0 amide bonds. The minimum absolute atomic E-state index is 0.104. The molecular weight excluding hydrogens is 234 g/mol. The number of imidazole rings is 1. The van der Waals surface area contributed by atoms with Crippen LogP contribution in [0.1, 0.15) is 11.3 Å². The number of hydrogen-bond donors (Lipinski definition) is 2. The van der Waals surface area contributed by atoms with Gasteiger partial charge >= 0.3 is 0 Å². The molecule has 1 aromatic carbocycles. The number of nitrogens with one attached hydrogen (secondary N) is 1. The van der Waals surface area contributed by atoms with Crippen LogP contribution in [0.25, 0.3) is 0 Å². The van der Waals surface area contributed by atoms with Crippen LogP contribution >= 0.6 is 12.2 Å². The Kier molecular flexibility index (Phi) is 3.39. The molecule has 2 rings (SSSR count). The Morgan fingerprint density at radius 3 is 2.71 bits per heavy atom.